The summed E-state index contributed by atoms with van der Waals surface area (Å²) in [5, 5.41) is 11.2. The molecule has 1 unspecified atom stereocenters. The van der Waals surface area contributed by atoms with E-state index in [2.05, 4.69) is 9.97 Å². The SMILES string of the molecule is Cc1cnc(C(=O)N2CCCC2c2nc(C(=O)O)cs2)c(C)c1. The number of carboxylic acid groups (broad SMARTS) is 1. The lowest BCUT2D eigenvalue weighted by Gasteiger charge is -2.23. The molecule has 0 bridgehead atoms. The number of nitrogens with zero attached hydrogens (tertiary/aromatic N) is 3. The van der Waals surface area contributed by atoms with Gasteiger partial charge >= 0.3 is 5.97 Å². The van der Waals surface area contributed by atoms with E-state index in [1.807, 2.05) is 19.9 Å². The third-order valence-electron chi connectivity index (χ3n) is 3.96. The van der Waals surface area contributed by atoms with Crippen molar-refractivity contribution in [1.29, 1.82) is 0 Å². The predicted molar refractivity (Wildman–Crippen MR) is 85.8 cm³/mol. The van der Waals surface area contributed by atoms with Crippen LogP contribution in [0.25, 0.3) is 0 Å². The summed E-state index contributed by atoms with van der Waals surface area (Å²) in [7, 11) is 0. The highest BCUT2D eigenvalue weighted by atomic mass is 32.1. The first kappa shape index (κ1) is 15.6. The molecule has 120 valence electrons. The van der Waals surface area contributed by atoms with Crippen LogP contribution in [0.2, 0.25) is 0 Å². The smallest absolute Gasteiger partial charge is 0.355 e. The standard InChI is InChI=1S/C16H17N3O3S/c1-9-6-10(2)13(17-7-9)15(20)19-5-3-4-12(19)14-18-11(8-23-14)16(21)22/h6-8,12H,3-5H2,1-2H3,(H,21,22). The summed E-state index contributed by atoms with van der Waals surface area (Å²) in [5.41, 5.74) is 2.36. The Kier molecular flexibility index (Phi) is 4.12. The summed E-state index contributed by atoms with van der Waals surface area (Å²) in [6.45, 7) is 4.46. The number of rotatable bonds is 3. The third-order valence-corrected chi connectivity index (χ3v) is 4.90. The molecular weight excluding hydrogens is 314 g/mol. The number of pyridine rings is 1. The normalized spacial score (nSPS) is 17.5. The number of amides is 1. The van der Waals surface area contributed by atoms with Gasteiger partial charge in [0.05, 0.1) is 6.04 Å². The summed E-state index contributed by atoms with van der Waals surface area (Å²) in [4.78, 5) is 34.0. The summed E-state index contributed by atoms with van der Waals surface area (Å²) in [5.74, 6) is -1.16. The van der Waals surface area contributed by atoms with Crippen LogP contribution in [0.5, 0.6) is 0 Å². The van der Waals surface area contributed by atoms with Crippen molar-refractivity contribution in [3.05, 3.63) is 45.2 Å². The van der Waals surface area contributed by atoms with Crippen molar-refractivity contribution in [3.63, 3.8) is 0 Å². The van der Waals surface area contributed by atoms with Gasteiger partial charge in [0.2, 0.25) is 0 Å². The molecule has 3 rings (SSSR count). The van der Waals surface area contributed by atoms with Crippen molar-refractivity contribution in [2.75, 3.05) is 6.54 Å². The van der Waals surface area contributed by atoms with Crippen molar-refractivity contribution >= 4 is 23.2 Å². The Bertz CT molecular complexity index is 772. The molecule has 2 aromatic heterocycles. The van der Waals surface area contributed by atoms with E-state index in [0.29, 0.717) is 17.2 Å². The Hall–Kier alpha value is -2.28. The first-order valence-electron chi connectivity index (χ1n) is 7.40. The van der Waals surface area contributed by atoms with Crippen LogP contribution in [0.4, 0.5) is 0 Å². The van der Waals surface area contributed by atoms with Gasteiger partial charge in [-0.25, -0.2) is 9.78 Å². The highest BCUT2D eigenvalue weighted by Gasteiger charge is 2.34. The molecule has 7 heteroatoms. The van der Waals surface area contributed by atoms with Crippen molar-refractivity contribution in [2.24, 2.45) is 0 Å². The molecule has 0 aliphatic carbocycles. The zero-order chi connectivity index (χ0) is 16.6. The van der Waals surface area contributed by atoms with Gasteiger partial charge in [-0.2, -0.15) is 0 Å². The van der Waals surface area contributed by atoms with Crippen LogP contribution in [-0.4, -0.2) is 38.4 Å². The lowest BCUT2D eigenvalue weighted by Crippen LogP contribution is -2.31. The first-order chi connectivity index (χ1) is 11.0. The van der Waals surface area contributed by atoms with Crippen molar-refractivity contribution in [1.82, 2.24) is 14.9 Å². The number of carbonyl (C=O) groups excluding carboxylic acids is 1. The molecule has 0 aromatic carbocycles. The van der Waals surface area contributed by atoms with Crippen LogP contribution in [0.15, 0.2) is 17.6 Å². The predicted octanol–water partition coefficient (Wildman–Crippen LogP) is 2.83. The third kappa shape index (κ3) is 2.96. The number of thiazole rings is 1. The van der Waals surface area contributed by atoms with Crippen LogP contribution < -0.4 is 0 Å². The van der Waals surface area contributed by atoms with Crippen LogP contribution in [0, 0.1) is 13.8 Å². The van der Waals surface area contributed by atoms with Gasteiger partial charge in [0.25, 0.3) is 5.91 Å². The molecule has 23 heavy (non-hydrogen) atoms. The topological polar surface area (TPSA) is 83.4 Å². The van der Waals surface area contributed by atoms with E-state index in [9.17, 15) is 9.59 Å². The van der Waals surface area contributed by atoms with Gasteiger partial charge in [-0.1, -0.05) is 6.07 Å². The van der Waals surface area contributed by atoms with Gasteiger partial charge in [0, 0.05) is 18.1 Å². The number of carbonyl (C=O) groups is 2. The second-order valence-corrected chi connectivity index (χ2v) is 6.60. The molecule has 1 fully saturated rings. The number of carboxylic acids is 1. The molecular formula is C16H17N3O3S. The van der Waals surface area contributed by atoms with Crippen LogP contribution >= 0.6 is 11.3 Å². The molecule has 2 aromatic rings. The van der Waals surface area contributed by atoms with Crippen LogP contribution in [0.3, 0.4) is 0 Å². The minimum Gasteiger partial charge on any atom is -0.476 e. The van der Waals surface area contributed by atoms with Crippen molar-refractivity contribution in [3.8, 4) is 0 Å². The maximum absolute atomic E-state index is 12.8. The molecule has 1 aliphatic rings. The molecule has 0 radical (unpaired) electrons. The Morgan fingerprint density at radius 3 is 2.83 bits per heavy atom. The van der Waals surface area contributed by atoms with Crippen molar-refractivity contribution in [2.45, 2.75) is 32.7 Å². The van der Waals surface area contributed by atoms with E-state index in [1.54, 1.807) is 11.1 Å². The van der Waals surface area contributed by atoms with E-state index < -0.39 is 5.97 Å². The second-order valence-electron chi connectivity index (χ2n) is 5.71. The van der Waals surface area contributed by atoms with E-state index >= 15 is 0 Å². The molecule has 1 atom stereocenters. The number of likely N-dealkylation sites (tertiary alicyclic amines) is 1. The van der Waals surface area contributed by atoms with E-state index in [4.69, 9.17) is 5.11 Å². The van der Waals surface area contributed by atoms with Crippen molar-refractivity contribution < 1.29 is 14.7 Å². The average molecular weight is 331 g/mol. The zero-order valence-corrected chi connectivity index (χ0v) is 13.8. The van der Waals surface area contributed by atoms with Crippen LogP contribution in [0.1, 0.15) is 56.0 Å². The van der Waals surface area contributed by atoms with E-state index in [-0.39, 0.29) is 17.6 Å². The molecule has 1 N–H and O–H groups in total. The second kappa shape index (κ2) is 6.08. The fraction of sp³-hybridized carbons (Fsp3) is 0.375. The molecule has 0 saturated carbocycles. The van der Waals surface area contributed by atoms with Gasteiger partial charge in [-0.3, -0.25) is 9.78 Å². The fourth-order valence-corrected chi connectivity index (χ4v) is 3.82. The zero-order valence-electron chi connectivity index (χ0n) is 12.9. The molecule has 0 spiro atoms. The number of aryl methyl sites for hydroxylation is 2. The Morgan fingerprint density at radius 1 is 1.39 bits per heavy atom. The Labute approximate surface area is 137 Å². The monoisotopic (exact) mass is 331 g/mol. The largest absolute Gasteiger partial charge is 0.476 e. The maximum Gasteiger partial charge on any atom is 0.355 e. The first-order valence-corrected chi connectivity index (χ1v) is 8.28. The number of hydrogen-bond acceptors (Lipinski definition) is 5. The summed E-state index contributed by atoms with van der Waals surface area (Å²) in [6, 6.07) is 1.78. The fourth-order valence-electron chi connectivity index (χ4n) is 2.88. The van der Waals surface area contributed by atoms with Crippen LogP contribution in [-0.2, 0) is 0 Å². The molecule has 3 heterocycles. The van der Waals surface area contributed by atoms with Gasteiger partial charge in [0.15, 0.2) is 5.69 Å². The van der Waals surface area contributed by atoms with E-state index in [1.165, 1.54) is 16.7 Å². The van der Waals surface area contributed by atoms with E-state index in [0.717, 1.165) is 24.0 Å². The summed E-state index contributed by atoms with van der Waals surface area (Å²) < 4.78 is 0. The van der Waals surface area contributed by atoms with Gasteiger partial charge in [0.1, 0.15) is 10.7 Å². The molecule has 1 saturated heterocycles. The Balaban J connectivity index is 1.88. The molecule has 6 nitrogen and oxygen atoms in total. The minimum absolute atomic E-state index is 0.0361. The number of hydrogen-bond donors (Lipinski definition) is 1. The summed E-state index contributed by atoms with van der Waals surface area (Å²) >= 11 is 1.29. The Morgan fingerprint density at radius 2 is 2.17 bits per heavy atom. The van der Waals surface area contributed by atoms with Gasteiger partial charge in [-0.15, -0.1) is 11.3 Å². The average Bonchev–Trinajstić information content (AvgIpc) is 3.15. The highest BCUT2D eigenvalue weighted by Crippen LogP contribution is 2.34. The van der Waals surface area contributed by atoms with Gasteiger partial charge in [-0.05, 0) is 37.8 Å². The number of aromatic nitrogens is 2. The highest BCUT2D eigenvalue weighted by molar-refractivity contribution is 7.09. The molecule has 1 amide bonds. The van der Waals surface area contributed by atoms with Gasteiger partial charge < -0.3 is 10.0 Å². The lowest BCUT2D eigenvalue weighted by atomic mass is 10.1. The molecule has 1 aliphatic heterocycles. The minimum atomic E-state index is -1.04. The number of aromatic carboxylic acids is 1. The lowest BCUT2D eigenvalue weighted by molar-refractivity contribution is 0.0691. The maximum atomic E-state index is 12.8. The quantitative estimate of drug-likeness (QED) is 0.935. The summed E-state index contributed by atoms with van der Waals surface area (Å²) in [6.07, 6.45) is 3.36.